The average molecular weight is 1500 g/mol. The highest BCUT2D eigenvalue weighted by Gasteiger charge is 2.51. The van der Waals surface area contributed by atoms with Crippen LogP contribution in [-0.4, -0.2) is 28.8 Å². The van der Waals surface area contributed by atoms with Crippen molar-refractivity contribution in [3.63, 3.8) is 0 Å². The Morgan fingerprint density at radius 2 is 0.509 bits per heavy atom. The molecule has 2 bridgehead atoms. The Hall–Kier alpha value is -13.6. The first-order valence-electron chi connectivity index (χ1n) is 39.9. The van der Waals surface area contributed by atoms with Crippen LogP contribution in [0.1, 0.15) is 45.2 Å². The topological polar surface area (TPSA) is 4.93 Å². The predicted octanol–water partition coefficient (Wildman–Crippen LogP) is 18.6. The van der Waals surface area contributed by atoms with Gasteiger partial charge < -0.3 is 4.57 Å². The number of hydrogen-bond acceptors (Lipinski definition) is 0. The van der Waals surface area contributed by atoms with Crippen molar-refractivity contribution in [3.05, 3.63) is 500 Å². The molecule has 22 rings (SSSR count). The standard InChI is InChI=1S/C110H79NSi3/c1-10-38-78(39-11-1)79-40-32-61-93(74-79)114(89-55-24-8-25-56-89,90-57-26-9-27-58-90)105-71-37-68-100-107-97-63-28-29-64-98(97)110(109(100)105)108-99(107)67-36-70-104(108)111-102-69-31-30-62-96(102)101-77-82(72-73-103(101)111)106-94(80-41-33-59-91(75-80)112(83-43-12-2-13-44-83,84-45-14-3-15-46-84)85-47-16-4-17-48-85)65-35-66-95(106)81-42-34-60-92(76-81)113(86-49-18-5-19-50-86,87-51-20-6-21-52-87)88-53-22-7-23-54-88/h1-77,107,110H. The quantitative estimate of drug-likeness (QED) is 0.0632. The van der Waals surface area contributed by atoms with E-state index in [0.717, 1.165) is 5.56 Å². The van der Waals surface area contributed by atoms with E-state index >= 15 is 0 Å². The minimum atomic E-state index is -3.21. The van der Waals surface area contributed by atoms with Gasteiger partial charge in [0.05, 0.1) is 16.7 Å². The summed E-state index contributed by atoms with van der Waals surface area (Å²) in [4.78, 5) is 0. The molecule has 114 heavy (non-hydrogen) atoms. The smallest absolute Gasteiger partial charge is 0.179 e. The van der Waals surface area contributed by atoms with Crippen LogP contribution in [0.3, 0.4) is 0 Å². The summed E-state index contributed by atoms with van der Waals surface area (Å²) in [6, 6.07) is 179. The molecule has 19 aromatic rings. The van der Waals surface area contributed by atoms with Gasteiger partial charge in [-0.05, 0) is 164 Å². The molecule has 3 aliphatic rings. The lowest BCUT2D eigenvalue weighted by atomic mass is 9.60. The van der Waals surface area contributed by atoms with Gasteiger partial charge in [-0.15, -0.1) is 0 Å². The van der Waals surface area contributed by atoms with Crippen LogP contribution in [0.5, 0.6) is 0 Å². The van der Waals surface area contributed by atoms with Crippen LogP contribution in [0.4, 0.5) is 0 Å². The first-order chi connectivity index (χ1) is 56.6. The maximum absolute atomic E-state index is 3.21. The summed E-state index contributed by atoms with van der Waals surface area (Å²) in [5.74, 6) is -0.102. The van der Waals surface area contributed by atoms with E-state index in [1.54, 1.807) is 0 Å². The molecule has 3 aliphatic carbocycles. The van der Waals surface area contributed by atoms with E-state index in [9.17, 15) is 0 Å². The molecule has 0 spiro atoms. The molecule has 2 atom stereocenters. The summed E-state index contributed by atoms with van der Waals surface area (Å²) >= 11 is 0. The lowest BCUT2D eigenvalue weighted by Crippen LogP contribution is -2.75. The number of rotatable bonds is 17. The van der Waals surface area contributed by atoms with Gasteiger partial charge in [-0.2, -0.15) is 0 Å². The Bertz CT molecular complexity index is 6350. The van der Waals surface area contributed by atoms with Crippen molar-refractivity contribution in [2.75, 3.05) is 0 Å². The largest absolute Gasteiger partial charge is 0.309 e. The number of benzene rings is 18. The Balaban J connectivity index is 0.804. The second-order valence-electron chi connectivity index (χ2n) is 30.7. The van der Waals surface area contributed by atoms with Crippen LogP contribution in [0.15, 0.2) is 467 Å². The monoisotopic (exact) mass is 1500 g/mol. The Kier molecular flexibility index (Phi) is 17.2. The summed E-state index contributed by atoms with van der Waals surface area (Å²) in [6.45, 7) is 0. The fraction of sp³-hybridized carbons (Fsp3) is 0.0182. The normalized spacial score (nSPS) is 13.6. The van der Waals surface area contributed by atoms with Gasteiger partial charge in [-0.3, -0.25) is 0 Å². The number of hydrogen-bond donors (Lipinski definition) is 0. The summed E-state index contributed by atoms with van der Waals surface area (Å²) in [5, 5.41) is 18.7. The second-order valence-corrected chi connectivity index (χ2v) is 42.1. The molecule has 0 saturated heterocycles. The second kappa shape index (κ2) is 28.6. The third kappa shape index (κ3) is 10.8. The molecule has 0 saturated carbocycles. The van der Waals surface area contributed by atoms with Crippen molar-refractivity contribution in [3.8, 4) is 50.2 Å². The highest BCUT2D eigenvalue weighted by Crippen LogP contribution is 2.58. The third-order valence-corrected chi connectivity index (χ3v) is 39.4. The molecular formula is C110H79NSi3. The molecule has 2 unspecified atom stereocenters. The number of aromatic nitrogens is 1. The van der Waals surface area contributed by atoms with Crippen molar-refractivity contribution in [2.45, 2.75) is 11.8 Å². The minimum absolute atomic E-state index is 0.00146. The molecule has 0 radical (unpaired) electrons. The van der Waals surface area contributed by atoms with Crippen LogP contribution >= 0.6 is 0 Å². The van der Waals surface area contributed by atoms with Gasteiger partial charge in [0.15, 0.2) is 24.2 Å². The molecule has 0 N–H and O–H groups in total. The zero-order valence-corrected chi connectivity index (χ0v) is 66.1. The van der Waals surface area contributed by atoms with E-state index in [1.807, 2.05) is 0 Å². The van der Waals surface area contributed by atoms with E-state index in [4.69, 9.17) is 0 Å². The number of fused-ring (bicyclic) bond motifs is 3. The van der Waals surface area contributed by atoms with E-state index < -0.39 is 24.2 Å². The van der Waals surface area contributed by atoms with Crippen molar-refractivity contribution >= 4 is 108 Å². The molecule has 0 aliphatic heterocycles. The number of nitrogens with zero attached hydrogens (tertiary/aromatic N) is 1. The summed E-state index contributed by atoms with van der Waals surface area (Å²) in [5.41, 5.74) is 21.4. The molecule has 1 aromatic heterocycles. The van der Waals surface area contributed by atoms with Gasteiger partial charge in [0.2, 0.25) is 0 Å². The highest BCUT2D eigenvalue weighted by molar-refractivity contribution is 7.21. The van der Waals surface area contributed by atoms with E-state index in [1.165, 1.54) is 162 Å². The van der Waals surface area contributed by atoms with Gasteiger partial charge >= 0.3 is 0 Å². The fourth-order valence-electron chi connectivity index (χ4n) is 20.4. The number of para-hydroxylation sites is 1. The van der Waals surface area contributed by atoms with Crippen molar-refractivity contribution in [1.29, 1.82) is 0 Å². The maximum atomic E-state index is 2.64. The molecule has 1 nitrogen and oxygen atoms in total. The van der Waals surface area contributed by atoms with Crippen molar-refractivity contribution < 1.29 is 0 Å². The van der Waals surface area contributed by atoms with Crippen LogP contribution in [0, 0.1) is 0 Å². The molecule has 4 heteroatoms. The van der Waals surface area contributed by atoms with E-state index in [0.29, 0.717) is 0 Å². The lowest BCUT2D eigenvalue weighted by molar-refractivity contribution is 0.752. The SMILES string of the molecule is c1ccc(-c2cccc([Si](c3ccccc3)(c3ccccc3)c3cccc4c3C3c5ccccc5C4c4cccc(-n5c6ccccc6c6cc(-c7c(-c8cccc([Si](c9ccccc9)(c9ccccc9)c9ccccc9)c8)cccc7-c7cccc([Si](c8ccccc8)(c8ccccc8)c8ccccc8)c7)ccc65)c43)c2)cc1. The van der Waals surface area contributed by atoms with Crippen LogP contribution in [0.2, 0.25) is 0 Å². The maximum Gasteiger partial charge on any atom is 0.179 e. The minimum Gasteiger partial charge on any atom is -0.309 e. The van der Waals surface area contributed by atoms with Crippen LogP contribution in [0.25, 0.3) is 72.0 Å². The zero-order valence-electron chi connectivity index (χ0n) is 63.1. The lowest BCUT2D eigenvalue weighted by Gasteiger charge is -2.47. The van der Waals surface area contributed by atoms with Gasteiger partial charge in [-0.1, -0.05) is 443 Å². The fourth-order valence-corrected chi connectivity index (χ4v) is 35.1. The van der Waals surface area contributed by atoms with Gasteiger partial charge in [0.1, 0.15) is 0 Å². The Labute approximate surface area is 670 Å². The van der Waals surface area contributed by atoms with Crippen molar-refractivity contribution in [2.24, 2.45) is 0 Å². The zero-order chi connectivity index (χ0) is 75.6. The van der Waals surface area contributed by atoms with Gasteiger partial charge in [-0.25, -0.2) is 0 Å². The Morgan fingerprint density at radius 1 is 0.184 bits per heavy atom. The molecular weight excluding hydrogens is 1420 g/mol. The Morgan fingerprint density at radius 3 is 0.982 bits per heavy atom. The van der Waals surface area contributed by atoms with Gasteiger partial charge in [0, 0.05) is 22.6 Å². The molecule has 536 valence electrons. The molecule has 18 aromatic carbocycles. The van der Waals surface area contributed by atoms with Crippen molar-refractivity contribution in [1.82, 2.24) is 4.57 Å². The summed E-state index contributed by atoms with van der Waals surface area (Å²) in [7, 11) is -9.18. The summed E-state index contributed by atoms with van der Waals surface area (Å²) in [6.07, 6.45) is 0. The molecule has 0 amide bonds. The molecule has 0 fully saturated rings. The van der Waals surface area contributed by atoms with Gasteiger partial charge in [0.25, 0.3) is 0 Å². The third-order valence-electron chi connectivity index (χ3n) is 25.0. The first-order valence-corrected chi connectivity index (χ1v) is 45.9. The van der Waals surface area contributed by atoms with E-state index in [2.05, 4.69) is 472 Å². The average Bonchev–Trinajstić information content (AvgIpc) is 0.778. The van der Waals surface area contributed by atoms with E-state index in [-0.39, 0.29) is 11.8 Å². The molecule has 1 heterocycles. The van der Waals surface area contributed by atoms with Crippen LogP contribution in [-0.2, 0) is 0 Å². The highest BCUT2D eigenvalue weighted by atomic mass is 28.3. The summed E-state index contributed by atoms with van der Waals surface area (Å²) < 4.78 is 2.64. The van der Waals surface area contributed by atoms with Crippen LogP contribution < -0.4 is 62.2 Å². The predicted molar refractivity (Wildman–Crippen MR) is 488 cm³/mol. The first kappa shape index (κ1) is 68.4.